The fourth-order valence-electron chi connectivity index (χ4n) is 1.14. The van der Waals surface area contributed by atoms with Crippen LogP contribution < -0.4 is 0 Å². The number of aryl methyl sites for hydroxylation is 1. The molecule has 0 saturated carbocycles. The number of nitriles is 1. The Labute approximate surface area is 104 Å². The summed E-state index contributed by atoms with van der Waals surface area (Å²) in [4.78, 5) is 0.139. The average molecular weight is 303 g/mol. The molecular formula is C10H11BrN2O2S. The predicted molar refractivity (Wildman–Crippen MR) is 64.5 cm³/mol. The van der Waals surface area contributed by atoms with Gasteiger partial charge in [0.15, 0.2) is 6.19 Å². The standard InChI is InChI=1S/C10H11BrN2O2S/c1-9-2-4-10(5-3-9)16(14,15)13(8-12)7-6-11/h2-5H,6-7H2,1H3. The number of sulfonamides is 1. The molecule has 0 aromatic heterocycles. The van der Waals surface area contributed by atoms with E-state index in [1.165, 1.54) is 12.1 Å². The van der Waals surface area contributed by atoms with Crippen LogP contribution in [0.4, 0.5) is 0 Å². The number of benzene rings is 1. The molecule has 0 bridgehead atoms. The van der Waals surface area contributed by atoms with Gasteiger partial charge >= 0.3 is 0 Å². The molecule has 0 heterocycles. The number of nitrogens with zero attached hydrogens (tertiary/aromatic N) is 2. The Kier molecular flexibility index (Phi) is 4.33. The van der Waals surface area contributed by atoms with Crippen LogP contribution in [0.2, 0.25) is 0 Å². The van der Waals surface area contributed by atoms with E-state index in [-0.39, 0.29) is 11.4 Å². The van der Waals surface area contributed by atoms with Crippen LogP contribution >= 0.6 is 15.9 Å². The third kappa shape index (κ3) is 2.74. The quantitative estimate of drug-likeness (QED) is 0.484. The second kappa shape index (κ2) is 5.32. The predicted octanol–water partition coefficient (Wildman–Crippen LogP) is 1.86. The number of hydrogen-bond acceptors (Lipinski definition) is 3. The van der Waals surface area contributed by atoms with Crippen molar-refractivity contribution in [2.45, 2.75) is 11.8 Å². The first kappa shape index (κ1) is 13.0. The molecule has 0 unspecified atom stereocenters. The molecule has 0 aliphatic rings. The normalized spacial score (nSPS) is 10.8. The van der Waals surface area contributed by atoms with E-state index in [1.807, 2.05) is 6.92 Å². The summed E-state index contributed by atoms with van der Waals surface area (Å²) >= 11 is 3.11. The second-order valence-electron chi connectivity index (χ2n) is 3.18. The van der Waals surface area contributed by atoms with Gasteiger partial charge in [0.1, 0.15) is 0 Å². The Bertz CT molecular complexity index is 491. The summed E-state index contributed by atoms with van der Waals surface area (Å²) in [5.41, 5.74) is 0.975. The number of halogens is 1. The Hall–Kier alpha value is -1.06. The highest BCUT2D eigenvalue weighted by molar-refractivity contribution is 9.09. The van der Waals surface area contributed by atoms with Crippen LogP contribution in [0.1, 0.15) is 5.56 Å². The molecule has 0 aliphatic heterocycles. The van der Waals surface area contributed by atoms with Crippen molar-refractivity contribution >= 4 is 26.0 Å². The lowest BCUT2D eigenvalue weighted by Crippen LogP contribution is -2.28. The molecule has 0 atom stereocenters. The van der Waals surface area contributed by atoms with Crippen molar-refractivity contribution in [2.24, 2.45) is 0 Å². The maximum atomic E-state index is 11.9. The molecule has 1 aromatic rings. The van der Waals surface area contributed by atoms with E-state index < -0.39 is 10.0 Å². The Morgan fingerprint density at radius 3 is 2.38 bits per heavy atom. The molecular weight excluding hydrogens is 292 g/mol. The smallest absolute Gasteiger partial charge is 0.201 e. The van der Waals surface area contributed by atoms with Crippen molar-refractivity contribution in [3.05, 3.63) is 29.8 Å². The van der Waals surface area contributed by atoms with Crippen molar-refractivity contribution in [1.82, 2.24) is 4.31 Å². The summed E-state index contributed by atoms with van der Waals surface area (Å²) in [6.45, 7) is 2.00. The molecule has 86 valence electrons. The Morgan fingerprint density at radius 2 is 1.94 bits per heavy atom. The van der Waals surface area contributed by atoms with Crippen LogP contribution in [-0.4, -0.2) is 24.6 Å². The summed E-state index contributed by atoms with van der Waals surface area (Å²) in [7, 11) is -3.69. The van der Waals surface area contributed by atoms with Crippen LogP contribution in [0.25, 0.3) is 0 Å². The van der Waals surface area contributed by atoms with E-state index in [9.17, 15) is 8.42 Å². The molecule has 16 heavy (non-hydrogen) atoms. The molecule has 0 saturated heterocycles. The SMILES string of the molecule is Cc1ccc(S(=O)(=O)N(C#N)CCBr)cc1. The highest BCUT2D eigenvalue weighted by atomic mass is 79.9. The molecule has 1 aromatic carbocycles. The van der Waals surface area contributed by atoms with Gasteiger partial charge in [0.05, 0.1) is 11.4 Å². The van der Waals surface area contributed by atoms with Gasteiger partial charge in [-0.3, -0.25) is 0 Å². The fourth-order valence-corrected chi connectivity index (χ4v) is 2.90. The zero-order valence-electron chi connectivity index (χ0n) is 8.72. The van der Waals surface area contributed by atoms with E-state index in [1.54, 1.807) is 18.3 Å². The van der Waals surface area contributed by atoms with Gasteiger partial charge < -0.3 is 0 Å². The van der Waals surface area contributed by atoms with Crippen LogP contribution in [0, 0.1) is 18.4 Å². The molecule has 0 spiro atoms. The number of hydrogen-bond donors (Lipinski definition) is 0. The first-order chi connectivity index (χ1) is 7.52. The minimum Gasteiger partial charge on any atom is -0.201 e. The fraction of sp³-hybridized carbons (Fsp3) is 0.300. The molecule has 0 fully saturated rings. The summed E-state index contributed by atoms with van der Waals surface area (Å²) in [6, 6.07) is 6.42. The Balaban J connectivity index is 3.11. The van der Waals surface area contributed by atoms with Crippen molar-refractivity contribution in [3.63, 3.8) is 0 Å². The molecule has 6 heteroatoms. The first-order valence-corrected chi connectivity index (χ1v) is 7.13. The molecule has 4 nitrogen and oxygen atoms in total. The highest BCUT2D eigenvalue weighted by Crippen LogP contribution is 2.15. The summed E-state index contributed by atoms with van der Waals surface area (Å²) in [5.74, 6) is 0. The van der Waals surface area contributed by atoms with Gasteiger partial charge in [-0.2, -0.15) is 5.26 Å². The first-order valence-electron chi connectivity index (χ1n) is 4.57. The zero-order chi connectivity index (χ0) is 12.2. The summed E-state index contributed by atoms with van der Waals surface area (Å²) < 4.78 is 24.7. The largest absolute Gasteiger partial charge is 0.272 e. The molecule has 0 N–H and O–H groups in total. The van der Waals surface area contributed by atoms with Gasteiger partial charge in [0.2, 0.25) is 0 Å². The van der Waals surface area contributed by atoms with Crippen LogP contribution in [0.3, 0.4) is 0 Å². The molecule has 0 radical (unpaired) electrons. The van der Waals surface area contributed by atoms with Crippen LogP contribution in [-0.2, 0) is 10.0 Å². The third-order valence-electron chi connectivity index (χ3n) is 2.01. The minimum atomic E-state index is -3.69. The molecule has 0 amide bonds. The van der Waals surface area contributed by atoms with Crippen molar-refractivity contribution in [2.75, 3.05) is 11.9 Å². The van der Waals surface area contributed by atoms with E-state index in [0.29, 0.717) is 5.33 Å². The van der Waals surface area contributed by atoms with Crippen LogP contribution in [0.5, 0.6) is 0 Å². The topological polar surface area (TPSA) is 61.2 Å². The van der Waals surface area contributed by atoms with Crippen molar-refractivity contribution < 1.29 is 8.42 Å². The number of rotatable bonds is 4. The summed E-state index contributed by atoms with van der Waals surface area (Å²) in [6.07, 6.45) is 1.67. The van der Waals surface area contributed by atoms with E-state index in [4.69, 9.17) is 5.26 Å². The van der Waals surface area contributed by atoms with Crippen molar-refractivity contribution in [1.29, 1.82) is 5.26 Å². The lowest BCUT2D eigenvalue weighted by molar-refractivity contribution is 0.522. The lowest BCUT2D eigenvalue weighted by Gasteiger charge is -2.14. The van der Waals surface area contributed by atoms with Gasteiger partial charge in [-0.15, -0.1) is 0 Å². The monoisotopic (exact) mass is 302 g/mol. The summed E-state index contributed by atoms with van der Waals surface area (Å²) in [5, 5.41) is 9.21. The van der Waals surface area contributed by atoms with Gasteiger partial charge in [-0.1, -0.05) is 33.6 Å². The maximum Gasteiger partial charge on any atom is 0.272 e. The maximum absolute atomic E-state index is 11.9. The molecule has 1 rings (SSSR count). The lowest BCUT2D eigenvalue weighted by atomic mass is 10.2. The second-order valence-corrected chi connectivity index (χ2v) is 5.83. The highest BCUT2D eigenvalue weighted by Gasteiger charge is 2.22. The molecule has 0 aliphatic carbocycles. The minimum absolute atomic E-state index is 0.132. The van der Waals surface area contributed by atoms with Crippen molar-refractivity contribution in [3.8, 4) is 6.19 Å². The van der Waals surface area contributed by atoms with E-state index >= 15 is 0 Å². The Morgan fingerprint density at radius 1 is 1.38 bits per heavy atom. The van der Waals surface area contributed by atoms with Gasteiger partial charge in [0.25, 0.3) is 10.0 Å². The van der Waals surface area contributed by atoms with E-state index in [0.717, 1.165) is 9.87 Å². The number of alkyl halides is 1. The van der Waals surface area contributed by atoms with E-state index in [2.05, 4.69) is 15.9 Å². The third-order valence-corrected chi connectivity index (χ3v) is 4.08. The van der Waals surface area contributed by atoms with Gasteiger partial charge in [-0.25, -0.2) is 12.7 Å². The zero-order valence-corrected chi connectivity index (χ0v) is 11.1. The average Bonchev–Trinajstić information content (AvgIpc) is 2.26. The van der Waals surface area contributed by atoms with Gasteiger partial charge in [0, 0.05) is 5.33 Å². The van der Waals surface area contributed by atoms with Crippen LogP contribution in [0.15, 0.2) is 29.2 Å². The van der Waals surface area contributed by atoms with Gasteiger partial charge in [-0.05, 0) is 19.1 Å².